The third-order valence-electron chi connectivity index (χ3n) is 1.69. The molecule has 0 aliphatic rings. The molecule has 0 saturated heterocycles. The molecule has 1 aromatic heterocycles. The third-order valence-corrected chi connectivity index (χ3v) is 1.88. The van der Waals surface area contributed by atoms with Crippen LogP contribution in [0.1, 0.15) is 0 Å². The standard InChI is InChI=1S/C10H5ClF2N2O/c11-10-14-5-8(13)9(15-10)16-7-3-1-2-6(12)4-7/h1-5H. The molecule has 1 aromatic carbocycles. The van der Waals surface area contributed by atoms with Gasteiger partial charge in [-0.25, -0.2) is 9.37 Å². The lowest BCUT2D eigenvalue weighted by atomic mass is 10.3. The molecule has 82 valence electrons. The molecule has 1 heterocycles. The lowest BCUT2D eigenvalue weighted by Crippen LogP contribution is -1.94. The van der Waals surface area contributed by atoms with Crippen molar-refractivity contribution in [2.75, 3.05) is 0 Å². The molecule has 0 radical (unpaired) electrons. The smallest absolute Gasteiger partial charge is 0.260 e. The highest BCUT2D eigenvalue weighted by molar-refractivity contribution is 6.28. The first-order valence-electron chi connectivity index (χ1n) is 4.26. The van der Waals surface area contributed by atoms with Crippen LogP contribution in [0.2, 0.25) is 5.28 Å². The van der Waals surface area contributed by atoms with Crippen LogP contribution in [0.25, 0.3) is 0 Å². The Bertz CT molecular complexity index is 522. The van der Waals surface area contributed by atoms with E-state index in [1.807, 2.05) is 0 Å². The first-order chi connectivity index (χ1) is 7.65. The molecule has 16 heavy (non-hydrogen) atoms. The maximum Gasteiger partial charge on any atom is 0.260 e. The maximum absolute atomic E-state index is 13.2. The molecule has 0 bridgehead atoms. The van der Waals surface area contributed by atoms with E-state index >= 15 is 0 Å². The summed E-state index contributed by atoms with van der Waals surface area (Å²) in [5.74, 6) is -1.47. The highest BCUT2D eigenvalue weighted by Crippen LogP contribution is 2.23. The summed E-state index contributed by atoms with van der Waals surface area (Å²) < 4.78 is 31.0. The van der Waals surface area contributed by atoms with E-state index in [0.717, 1.165) is 12.3 Å². The van der Waals surface area contributed by atoms with Crippen LogP contribution in [0.3, 0.4) is 0 Å². The Balaban J connectivity index is 2.30. The molecule has 0 spiro atoms. The average molecular weight is 243 g/mol. The Morgan fingerprint density at radius 1 is 1.25 bits per heavy atom. The number of ether oxygens (including phenoxy) is 1. The van der Waals surface area contributed by atoms with Crippen molar-refractivity contribution in [1.29, 1.82) is 0 Å². The van der Waals surface area contributed by atoms with Crippen molar-refractivity contribution in [3.8, 4) is 11.6 Å². The van der Waals surface area contributed by atoms with Crippen LogP contribution in [0.5, 0.6) is 11.6 Å². The Hall–Kier alpha value is -1.75. The first kappa shape index (κ1) is 10.8. The largest absolute Gasteiger partial charge is 0.436 e. The predicted octanol–water partition coefficient (Wildman–Crippen LogP) is 3.20. The molecule has 3 nitrogen and oxygen atoms in total. The van der Waals surface area contributed by atoms with Gasteiger partial charge < -0.3 is 4.74 Å². The van der Waals surface area contributed by atoms with Crippen molar-refractivity contribution in [2.24, 2.45) is 0 Å². The molecule has 0 aliphatic carbocycles. The quantitative estimate of drug-likeness (QED) is 0.759. The summed E-state index contributed by atoms with van der Waals surface area (Å²) in [5.41, 5.74) is 0. The summed E-state index contributed by atoms with van der Waals surface area (Å²) in [4.78, 5) is 6.96. The summed E-state index contributed by atoms with van der Waals surface area (Å²) in [6, 6.07) is 5.26. The molecule has 6 heteroatoms. The van der Waals surface area contributed by atoms with Gasteiger partial charge in [0.15, 0.2) is 0 Å². The van der Waals surface area contributed by atoms with Gasteiger partial charge in [0.05, 0.1) is 6.20 Å². The number of hydrogen-bond donors (Lipinski definition) is 0. The second-order valence-electron chi connectivity index (χ2n) is 2.85. The van der Waals surface area contributed by atoms with Gasteiger partial charge in [-0.3, -0.25) is 0 Å². The topological polar surface area (TPSA) is 35.0 Å². The van der Waals surface area contributed by atoms with E-state index in [0.29, 0.717) is 0 Å². The third kappa shape index (κ3) is 2.43. The Morgan fingerprint density at radius 3 is 2.81 bits per heavy atom. The zero-order valence-electron chi connectivity index (χ0n) is 7.82. The van der Waals surface area contributed by atoms with Crippen LogP contribution < -0.4 is 4.74 Å². The SMILES string of the molecule is Fc1cccc(Oc2nc(Cl)ncc2F)c1. The molecule has 2 aromatic rings. The monoisotopic (exact) mass is 242 g/mol. The minimum absolute atomic E-state index is 0.133. The summed E-state index contributed by atoms with van der Waals surface area (Å²) in [6.45, 7) is 0. The van der Waals surface area contributed by atoms with Gasteiger partial charge in [-0.05, 0) is 23.7 Å². The highest BCUT2D eigenvalue weighted by atomic mass is 35.5. The summed E-state index contributed by atoms with van der Waals surface area (Å²) in [5, 5.41) is -0.146. The Morgan fingerprint density at radius 2 is 2.06 bits per heavy atom. The van der Waals surface area contributed by atoms with Crippen molar-refractivity contribution in [1.82, 2.24) is 9.97 Å². The molecule has 0 saturated carbocycles. The number of nitrogens with zero attached hydrogens (tertiary/aromatic N) is 2. The molecule has 0 atom stereocenters. The number of benzene rings is 1. The summed E-state index contributed by atoms with van der Waals surface area (Å²) in [7, 11) is 0. The molecule has 0 fully saturated rings. The minimum atomic E-state index is -0.770. The summed E-state index contributed by atoms with van der Waals surface area (Å²) >= 11 is 5.47. The van der Waals surface area contributed by atoms with Gasteiger partial charge in [-0.15, -0.1) is 0 Å². The minimum Gasteiger partial charge on any atom is -0.436 e. The highest BCUT2D eigenvalue weighted by Gasteiger charge is 2.08. The number of halogens is 3. The van der Waals surface area contributed by atoms with Crippen LogP contribution in [-0.4, -0.2) is 9.97 Å². The Labute approximate surface area is 94.7 Å². The number of aromatic nitrogens is 2. The number of hydrogen-bond acceptors (Lipinski definition) is 3. The van der Waals surface area contributed by atoms with E-state index in [-0.39, 0.29) is 16.9 Å². The second-order valence-corrected chi connectivity index (χ2v) is 3.19. The van der Waals surface area contributed by atoms with Crippen molar-refractivity contribution < 1.29 is 13.5 Å². The molecule has 0 aliphatic heterocycles. The van der Waals surface area contributed by atoms with E-state index in [4.69, 9.17) is 16.3 Å². The van der Waals surface area contributed by atoms with Gasteiger partial charge in [0.25, 0.3) is 5.88 Å². The summed E-state index contributed by atoms with van der Waals surface area (Å²) in [6.07, 6.45) is 0.879. The lowest BCUT2D eigenvalue weighted by molar-refractivity contribution is 0.417. The molecular weight excluding hydrogens is 238 g/mol. The van der Waals surface area contributed by atoms with E-state index in [2.05, 4.69) is 9.97 Å². The first-order valence-corrected chi connectivity index (χ1v) is 4.64. The van der Waals surface area contributed by atoms with Gasteiger partial charge in [-0.1, -0.05) is 6.07 Å². The van der Waals surface area contributed by atoms with Crippen LogP contribution >= 0.6 is 11.6 Å². The fraction of sp³-hybridized carbons (Fsp3) is 0. The molecule has 2 rings (SSSR count). The van der Waals surface area contributed by atoms with Crippen LogP contribution in [0.4, 0.5) is 8.78 Å². The van der Waals surface area contributed by atoms with Crippen molar-refractivity contribution in [3.63, 3.8) is 0 Å². The van der Waals surface area contributed by atoms with E-state index in [9.17, 15) is 8.78 Å². The van der Waals surface area contributed by atoms with Crippen LogP contribution in [-0.2, 0) is 0 Å². The van der Waals surface area contributed by atoms with Gasteiger partial charge >= 0.3 is 0 Å². The molecule has 0 N–H and O–H groups in total. The Kier molecular flexibility index (Phi) is 2.96. The van der Waals surface area contributed by atoms with Crippen molar-refractivity contribution >= 4 is 11.6 Å². The normalized spacial score (nSPS) is 10.2. The zero-order valence-corrected chi connectivity index (χ0v) is 8.58. The van der Waals surface area contributed by atoms with Gasteiger partial charge in [0, 0.05) is 6.07 Å². The lowest BCUT2D eigenvalue weighted by Gasteiger charge is -2.04. The second kappa shape index (κ2) is 4.40. The average Bonchev–Trinajstić information content (AvgIpc) is 2.24. The van der Waals surface area contributed by atoms with Crippen molar-refractivity contribution in [3.05, 3.63) is 47.4 Å². The van der Waals surface area contributed by atoms with E-state index in [1.54, 1.807) is 0 Å². The predicted molar refractivity (Wildman–Crippen MR) is 53.5 cm³/mol. The van der Waals surface area contributed by atoms with Gasteiger partial charge in [0.2, 0.25) is 11.1 Å². The molecule has 0 unspecified atom stereocenters. The van der Waals surface area contributed by atoms with Crippen LogP contribution in [0.15, 0.2) is 30.5 Å². The fourth-order valence-electron chi connectivity index (χ4n) is 1.04. The zero-order chi connectivity index (χ0) is 11.5. The molecule has 0 amide bonds. The van der Waals surface area contributed by atoms with Crippen LogP contribution in [0, 0.1) is 11.6 Å². The van der Waals surface area contributed by atoms with E-state index < -0.39 is 11.6 Å². The van der Waals surface area contributed by atoms with E-state index in [1.165, 1.54) is 18.2 Å². The van der Waals surface area contributed by atoms with Gasteiger partial charge in [0.1, 0.15) is 11.6 Å². The molecular formula is C10H5ClF2N2O. The number of rotatable bonds is 2. The van der Waals surface area contributed by atoms with Gasteiger partial charge in [-0.2, -0.15) is 9.37 Å². The van der Waals surface area contributed by atoms with Crippen molar-refractivity contribution in [2.45, 2.75) is 0 Å². The maximum atomic E-state index is 13.2. The fourth-order valence-corrected chi connectivity index (χ4v) is 1.17.